The summed E-state index contributed by atoms with van der Waals surface area (Å²) in [4.78, 5) is 39.5. The summed E-state index contributed by atoms with van der Waals surface area (Å²) in [7, 11) is 0. The van der Waals surface area contributed by atoms with Gasteiger partial charge in [-0.2, -0.15) is 0 Å². The standard InChI is InChI=1S/C25H17ClN2O7/c1-2-33-22-13-15(12-20-25(30)35-23(27-20)18-8-3-4-9-19(18)26)10-11-21(22)34-24(29)16-6-5-7-17(14-16)28(31)32/h3-14H,2H2,1H3/b20-12-. The zero-order valence-electron chi connectivity index (χ0n) is 18.3. The fourth-order valence-electron chi connectivity index (χ4n) is 3.19. The maximum atomic E-state index is 12.5. The summed E-state index contributed by atoms with van der Waals surface area (Å²) < 4.78 is 16.3. The maximum Gasteiger partial charge on any atom is 0.363 e. The predicted molar refractivity (Wildman–Crippen MR) is 128 cm³/mol. The molecule has 10 heteroatoms. The Kier molecular flexibility index (Phi) is 6.88. The molecular weight excluding hydrogens is 476 g/mol. The van der Waals surface area contributed by atoms with Crippen LogP contribution >= 0.6 is 11.6 Å². The average Bonchev–Trinajstić information content (AvgIpc) is 3.20. The Morgan fingerprint density at radius 3 is 2.66 bits per heavy atom. The van der Waals surface area contributed by atoms with E-state index < -0.39 is 16.9 Å². The molecule has 1 aliphatic heterocycles. The van der Waals surface area contributed by atoms with Crippen LogP contribution in [0.25, 0.3) is 6.08 Å². The molecule has 0 spiro atoms. The van der Waals surface area contributed by atoms with E-state index in [4.69, 9.17) is 25.8 Å². The highest BCUT2D eigenvalue weighted by Gasteiger charge is 2.25. The first-order valence-corrected chi connectivity index (χ1v) is 10.7. The first-order chi connectivity index (χ1) is 16.9. The minimum atomic E-state index is -0.783. The third-order valence-electron chi connectivity index (χ3n) is 4.79. The number of non-ortho nitro benzene ring substituents is 1. The number of nitro benzene ring substituents is 1. The van der Waals surface area contributed by atoms with Gasteiger partial charge in [0, 0.05) is 12.1 Å². The van der Waals surface area contributed by atoms with Gasteiger partial charge in [0.05, 0.1) is 27.7 Å². The molecule has 4 rings (SSSR count). The molecule has 0 unspecified atom stereocenters. The lowest BCUT2D eigenvalue weighted by Gasteiger charge is -2.11. The van der Waals surface area contributed by atoms with Gasteiger partial charge in [-0.3, -0.25) is 10.1 Å². The molecule has 1 aliphatic rings. The Morgan fingerprint density at radius 2 is 1.91 bits per heavy atom. The highest BCUT2D eigenvalue weighted by molar-refractivity contribution is 6.34. The molecule has 0 atom stereocenters. The molecule has 35 heavy (non-hydrogen) atoms. The van der Waals surface area contributed by atoms with Crippen LogP contribution in [-0.2, 0) is 9.53 Å². The molecule has 0 aliphatic carbocycles. The van der Waals surface area contributed by atoms with Crippen molar-refractivity contribution in [2.24, 2.45) is 4.99 Å². The van der Waals surface area contributed by atoms with Gasteiger partial charge in [-0.15, -0.1) is 0 Å². The van der Waals surface area contributed by atoms with Gasteiger partial charge in [-0.05, 0) is 48.9 Å². The van der Waals surface area contributed by atoms with Crippen molar-refractivity contribution >= 4 is 41.2 Å². The molecule has 9 nitrogen and oxygen atoms in total. The number of benzene rings is 3. The number of nitro groups is 1. The lowest BCUT2D eigenvalue weighted by atomic mass is 10.1. The second-order valence-electron chi connectivity index (χ2n) is 7.15. The van der Waals surface area contributed by atoms with E-state index in [1.165, 1.54) is 30.3 Å². The summed E-state index contributed by atoms with van der Waals surface area (Å²) >= 11 is 6.16. The molecular formula is C25H17ClN2O7. The summed E-state index contributed by atoms with van der Waals surface area (Å²) in [5, 5.41) is 11.4. The van der Waals surface area contributed by atoms with Crippen LogP contribution in [0.3, 0.4) is 0 Å². The summed E-state index contributed by atoms with van der Waals surface area (Å²) in [6, 6.07) is 16.7. The minimum absolute atomic E-state index is 0.0167. The van der Waals surface area contributed by atoms with Crippen molar-refractivity contribution < 1.29 is 28.7 Å². The number of cyclic esters (lactones) is 1. The van der Waals surface area contributed by atoms with E-state index in [1.54, 1.807) is 43.3 Å². The number of nitrogens with zero attached hydrogens (tertiary/aromatic N) is 2. The number of carbonyl (C=O) groups is 2. The quantitative estimate of drug-likeness (QED) is 0.146. The minimum Gasteiger partial charge on any atom is -0.490 e. The number of rotatable bonds is 7. The maximum absolute atomic E-state index is 12.5. The summed E-state index contributed by atoms with van der Waals surface area (Å²) in [5.41, 5.74) is 0.877. The van der Waals surface area contributed by atoms with Crippen LogP contribution < -0.4 is 9.47 Å². The summed E-state index contributed by atoms with van der Waals surface area (Å²) in [6.45, 7) is 2.03. The third-order valence-corrected chi connectivity index (χ3v) is 5.12. The Hall–Kier alpha value is -4.50. The lowest BCUT2D eigenvalue weighted by Crippen LogP contribution is -2.10. The molecule has 0 aromatic heterocycles. The van der Waals surface area contributed by atoms with Gasteiger partial charge < -0.3 is 14.2 Å². The smallest absolute Gasteiger partial charge is 0.363 e. The van der Waals surface area contributed by atoms with Crippen LogP contribution in [0.1, 0.15) is 28.4 Å². The second-order valence-corrected chi connectivity index (χ2v) is 7.56. The fourth-order valence-corrected chi connectivity index (χ4v) is 3.41. The molecule has 0 bridgehead atoms. The second kappa shape index (κ2) is 10.2. The molecule has 3 aromatic rings. The molecule has 0 amide bonds. The first-order valence-electron chi connectivity index (χ1n) is 10.4. The van der Waals surface area contributed by atoms with Gasteiger partial charge >= 0.3 is 11.9 Å². The van der Waals surface area contributed by atoms with E-state index in [0.29, 0.717) is 16.1 Å². The zero-order valence-corrected chi connectivity index (χ0v) is 19.0. The van der Waals surface area contributed by atoms with Crippen LogP contribution in [0.2, 0.25) is 5.02 Å². The average molecular weight is 493 g/mol. The summed E-state index contributed by atoms with van der Waals surface area (Å²) in [5.74, 6) is -0.977. The van der Waals surface area contributed by atoms with E-state index in [9.17, 15) is 19.7 Å². The largest absolute Gasteiger partial charge is 0.490 e. The van der Waals surface area contributed by atoms with Gasteiger partial charge in [-0.25, -0.2) is 14.6 Å². The normalized spacial score (nSPS) is 13.8. The zero-order chi connectivity index (χ0) is 24.9. The van der Waals surface area contributed by atoms with Crippen molar-refractivity contribution in [3.8, 4) is 11.5 Å². The Labute approximate surface area is 204 Å². The number of ether oxygens (including phenoxy) is 3. The van der Waals surface area contributed by atoms with E-state index in [-0.39, 0.29) is 41.0 Å². The fraction of sp³-hybridized carbons (Fsp3) is 0.0800. The van der Waals surface area contributed by atoms with Crippen molar-refractivity contribution in [1.29, 1.82) is 0 Å². The van der Waals surface area contributed by atoms with E-state index >= 15 is 0 Å². The van der Waals surface area contributed by atoms with Gasteiger partial charge in [0.25, 0.3) is 5.69 Å². The molecule has 0 radical (unpaired) electrons. The summed E-state index contributed by atoms with van der Waals surface area (Å²) in [6.07, 6.45) is 1.50. The van der Waals surface area contributed by atoms with Crippen LogP contribution in [0.15, 0.2) is 77.4 Å². The number of hydrogen-bond acceptors (Lipinski definition) is 8. The molecule has 0 saturated carbocycles. The number of carbonyl (C=O) groups excluding carboxylic acids is 2. The molecule has 0 saturated heterocycles. The molecule has 1 heterocycles. The topological polar surface area (TPSA) is 117 Å². The lowest BCUT2D eigenvalue weighted by molar-refractivity contribution is -0.384. The third kappa shape index (κ3) is 5.36. The highest BCUT2D eigenvalue weighted by Crippen LogP contribution is 2.31. The molecule has 176 valence electrons. The van der Waals surface area contributed by atoms with E-state index in [2.05, 4.69) is 4.99 Å². The van der Waals surface area contributed by atoms with Crippen molar-refractivity contribution in [2.75, 3.05) is 6.61 Å². The van der Waals surface area contributed by atoms with Crippen molar-refractivity contribution in [3.05, 3.63) is 104 Å². The van der Waals surface area contributed by atoms with E-state index in [1.807, 2.05) is 0 Å². The Balaban J connectivity index is 1.60. The number of esters is 2. The molecule has 0 fully saturated rings. The van der Waals surface area contributed by atoms with Crippen LogP contribution in [0, 0.1) is 10.1 Å². The van der Waals surface area contributed by atoms with Crippen LogP contribution in [0.4, 0.5) is 5.69 Å². The van der Waals surface area contributed by atoms with Crippen molar-refractivity contribution in [1.82, 2.24) is 0 Å². The number of halogens is 1. The van der Waals surface area contributed by atoms with Gasteiger partial charge in [-0.1, -0.05) is 35.9 Å². The van der Waals surface area contributed by atoms with E-state index in [0.717, 1.165) is 6.07 Å². The van der Waals surface area contributed by atoms with Crippen LogP contribution in [-0.4, -0.2) is 29.4 Å². The predicted octanol–water partition coefficient (Wildman–Crippen LogP) is 5.21. The Bertz CT molecular complexity index is 1400. The van der Waals surface area contributed by atoms with Crippen molar-refractivity contribution in [2.45, 2.75) is 6.92 Å². The SMILES string of the molecule is CCOc1cc(/C=C2\N=C(c3ccccc3Cl)OC2=O)ccc1OC(=O)c1cccc([N+](=O)[O-])c1. The van der Waals surface area contributed by atoms with Crippen molar-refractivity contribution in [3.63, 3.8) is 0 Å². The molecule has 3 aromatic carbocycles. The van der Waals surface area contributed by atoms with Gasteiger partial charge in [0.2, 0.25) is 5.90 Å². The monoisotopic (exact) mass is 492 g/mol. The number of hydrogen-bond donors (Lipinski definition) is 0. The van der Waals surface area contributed by atoms with Gasteiger partial charge in [0.15, 0.2) is 17.2 Å². The van der Waals surface area contributed by atoms with Gasteiger partial charge in [0.1, 0.15) is 0 Å². The highest BCUT2D eigenvalue weighted by atomic mass is 35.5. The molecule has 0 N–H and O–H groups in total. The number of aliphatic imine (C=N–C) groups is 1. The van der Waals surface area contributed by atoms with Crippen LogP contribution in [0.5, 0.6) is 11.5 Å². The first kappa shape index (κ1) is 23.7. The Morgan fingerprint density at radius 1 is 1.11 bits per heavy atom.